The van der Waals surface area contributed by atoms with E-state index in [1.165, 1.54) is 42.1 Å². The number of ketones is 1. The van der Waals surface area contributed by atoms with Gasteiger partial charge in [-0.3, -0.25) is 29.0 Å². The largest absolute Gasteiger partial charge is 0.444 e. The van der Waals surface area contributed by atoms with E-state index in [-0.39, 0.29) is 22.9 Å². The average molecular weight is 609 g/mol. The number of benzene rings is 2. The van der Waals surface area contributed by atoms with Gasteiger partial charge in [0.25, 0.3) is 15.6 Å². The number of aromatic nitrogens is 2. The molecule has 226 valence electrons. The maximum Gasteiger partial charge on any atom is 0.412 e. The number of ether oxygens (including phenoxy) is 1. The van der Waals surface area contributed by atoms with Gasteiger partial charge in [0.1, 0.15) is 23.2 Å². The first-order chi connectivity index (χ1) is 20.2. The summed E-state index contributed by atoms with van der Waals surface area (Å²) in [5.74, 6) is -0.245. The Hall–Kier alpha value is -4.85. The maximum absolute atomic E-state index is 13.3. The molecule has 0 saturated carbocycles. The predicted octanol–water partition coefficient (Wildman–Crippen LogP) is 3.23. The molecule has 1 aliphatic rings. The minimum absolute atomic E-state index is 0.132. The van der Waals surface area contributed by atoms with Crippen LogP contribution in [0.2, 0.25) is 0 Å². The molecule has 0 aliphatic carbocycles. The molecule has 0 radical (unpaired) electrons. The lowest BCUT2D eigenvalue weighted by atomic mass is 10.1. The lowest BCUT2D eigenvalue weighted by molar-refractivity contribution is -0.124. The molecule has 0 fully saturated rings. The minimum atomic E-state index is -4.15. The fourth-order valence-electron chi connectivity index (χ4n) is 4.27. The number of anilines is 1. The third kappa shape index (κ3) is 7.92. The van der Waals surface area contributed by atoms with E-state index in [1.807, 2.05) is 0 Å². The van der Waals surface area contributed by atoms with E-state index in [0.717, 1.165) is 11.8 Å². The first-order valence-corrected chi connectivity index (χ1v) is 14.8. The molecule has 0 spiro atoms. The van der Waals surface area contributed by atoms with Crippen molar-refractivity contribution >= 4 is 45.5 Å². The van der Waals surface area contributed by atoms with Gasteiger partial charge in [-0.2, -0.15) is 0 Å². The number of aliphatic imine (C=N–C) groups is 1. The molecule has 1 atom stereocenters. The quantitative estimate of drug-likeness (QED) is 0.188. The normalized spacial score (nSPS) is 14.7. The van der Waals surface area contributed by atoms with E-state index in [9.17, 15) is 27.6 Å². The van der Waals surface area contributed by atoms with Crippen molar-refractivity contribution in [2.24, 2.45) is 4.99 Å². The van der Waals surface area contributed by atoms with Gasteiger partial charge in [-0.1, -0.05) is 24.3 Å². The molecular weight excluding hydrogens is 576 g/mol. The fourth-order valence-corrected chi connectivity index (χ4v) is 5.31. The van der Waals surface area contributed by atoms with Gasteiger partial charge in [-0.25, -0.2) is 23.2 Å². The van der Waals surface area contributed by atoms with Crippen LogP contribution in [-0.2, 0) is 32.5 Å². The van der Waals surface area contributed by atoms with Gasteiger partial charge in [0.15, 0.2) is 5.78 Å². The SMILES string of the molecule is CC(=O)c1ccc(S(=O)(=O)Nc2cnc3n(c2=O)[C@H](C(=O)NCc2ccc(/N=C/NC(=O)OC(C)(C)C)cc2)CC3)cc1. The molecule has 1 aliphatic heterocycles. The molecule has 2 amide bonds. The summed E-state index contributed by atoms with van der Waals surface area (Å²) < 4.78 is 34.4. The van der Waals surface area contributed by atoms with Crippen LogP contribution >= 0.6 is 0 Å². The van der Waals surface area contributed by atoms with Gasteiger partial charge in [0.2, 0.25) is 5.91 Å². The van der Waals surface area contributed by atoms with E-state index in [1.54, 1.807) is 45.0 Å². The van der Waals surface area contributed by atoms with Crippen molar-refractivity contribution < 1.29 is 27.5 Å². The van der Waals surface area contributed by atoms with Crippen molar-refractivity contribution in [2.75, 3.05) is 4.72 Å². The molecule has 4 rings (SSSR count). The number of hydrogen-bond acceptors (Lipinski definition) is 9. The molecule has 14 heteroatoms. The number of rotatable bonds is 9. The summed E-state index contributed by atoms with van der Waals surface area (Å²) in [6.07, 6.45) is 2.45. The first-order valence-electron chi connectivity index (χ1n) is 13.4. The number of hydrogen-bond donors (Lipinski definition) is 3. The zero-order chi connectivity index (χ0) is 31.4. The van der Waals surface area contributed by atoms with Crippen molar-refractivity contribution in [1.29, 1.82) is 0 Å². The van der Waals surface area contributed by atoms with Crippen LogP contribution in [-0.4, -0.2) is 47.7 Å². The van der Waals surface area contributed by atoms with Gasteiger partial charge in [-0.15, -0.1) is 0 Å². The zero-order valence-corrected chi connectivity index (χ0v) is 24.9. The Balaban J connectivity index is 1.39. The second-order valence-corrected chi connectivity index (χ2v) is 12.5. The number of alkyl carbamates (subject to hydrolysis) is 1. The van der Waals surface area contributed by atoms with Crippen molar-refractivity contribution in [3.8, 4) is 0 Å². The highest BCUT2D eigenvalue weighted by molar-refractivity contribution is 7.92. The lowest BCUT2D eigenvalue weighted by Gasteiger charge is -2.18. The smallest absolute Gasteiger partial charge is 0.412 e. The molecular formula is C29H32N6O7S. The van der Waals surface area contributed by atoms with Crippen molar-refractivity contribution in [1.82, 2.24) is 20.2 Å². The molecule has 3 N–H and O–H groups in total. The van der Waals surface area contributed by atoms with E-state index in [4.69, 9.17) is 4.74 Å². The molecule has 2 heterocycles. The van der Waals surface area contributed by atoms with Crippen LogP contribution in [0.25, 0.3) is 0 Å². The Labute approximate surface area is 248 Å². The summed E-state index contributed by atoms with van der Waals surface area (Å²) in [5.41, 5.74) is 0.0847. The van der Waals surface area contributed by atoms with Crippen LogP contribution < -0.4 is 20.9 Å². The number of fused-ring (bicyclic) bond motifs is 1. The van der Waals surface area contributed by atoms with Crippen molar-refractivity contribution in [2.45, 2.75) is 63.6 Å². The van der Waals surface area contributed by atoms with Crippen LogP contribution in [0.1, 0.15) is 61.9 Å². The molecule has 43 heavy (non-hydrogen) atoms. The second-order valence-electron chi connectivity index (χ2n) is 10.8. The molecule has 3 aromatic rings. The van der Waals surface area contributed by atoms with Gasteiger partial charge in [0.05, 0.1) is 23.1 Å². The summed E-state index contributed by atoms with van der Waals surface area (Å²) in [6.45, 7) is 6.81. The van der Waals surface area contributed by atoms with E-state index < -0.39 is 39.2 Å². The molecule has 0 bridgehead atoms. The van der Waals surface area contributed by atoms with Crippen LogP contribution in [0, 0.1) is 0 Å². The summed E-state index contributed by atoms with van der Waals surface area (Å²) in [5, 5.41) is 5.24. The summed E-state index contributed by atoms with van der Waals surface area (Å²) in [7, 11) is -4.15. The number of nitrogens with one attached hydrogen (secondary N) is 3. The maximum atomic E-state index is 13.3. The van der Waals surface area contributed by atoms with Gasteiger partial charge in [-0.05, 0) is 63.9 Å². The summed E-state index contributed by atoms with van der Waals surface area (Å²) in [4.78, 5) is 57.7. The zero-order valence-electron chi connectivity index (χ0n) is 24.1. The van der Waals surface area contributed by atoms with E-state index in [2.05, 4.69) is 25.3 Å². The summed E-state index contributed by atoms with van der Waals surface area (Å²) >= 11 is 0. The van der Waals surface area contributed by atoms with E-state index in [0.29, 0.717) is 29.9 Å². The fraction of sp³-hybridized carbons (Fsp3) is 0.310. The van der Waals surface area contributed by atoms with E-state index >= 15 is 0 Å². The van der Waals surface area contributed by atoms with Gasteiger partial charge < -0.3 is 10.1 Å². The number of carbonyl (C=O) groups excluding carboxylic acids is 3. The highest BCUT2D eigenvalue weighted by atomic mass is 32.2. The lowest BCUT2D eigenvalue weighted by Crippen LogP contribution is -2.36. The Morgan fingerprint density at radius 1 is 1.09 bits per heavy atom. The third-order valence-electron chi connectivity index (χ3n) is 6.34. The van der Waals surface area contributed by atoms with Crippen LogP contribution in [0.5, 0.6) is 0 Å². The highest BCUT2D eigenvalue weighted by Gasteiger charge is 2.31. The van der Waals surface area contributed by atoms with Crippen LogP contribution in [0.4, 0.5) is 16.2 Å². The Kier molecular flexibility index (Phi) is 9.09. The predicted molar refractivity (Wildman–Crippen MR) is 159 cm³/mol. The number of Topliss-reactive ketones (excluding diaryl/α,β-unsaturated/α-hetero) is 1. The number of amides is 2. The molecule has 13 nitrogen and oxygen atoms in total. The van der Waals surface area contributed by atoms with Crippen LogP contribution in [0.3, 0.4) is 0 Å². The molecule has 1 aromatic heterocycles. The Morgan fingerprint density at radius 2 is 1.77 bits per heavy atom. The summed E-state index contributed by atoms with van der Waals surface area (Å²) in [6, 6.07) is 11.4. The third-order valence-corrected chi connectivity index (χ3v) is 7.72. The number of aryl methyl sites for hydroxylation is 1. The monoisotopic (exact) mass is 608 g/mol. The highest BCUT2D eigenvalue weighted by Crippen LogP contribution is 2.24. The average Bonchev–Trinajstić information content (AvgIpc) is 3.38. The first kappa shape index (κ1) is 31.1. The second kappa shape index (κ2) is 12.6. The minimum Gasteiger partial charge on any atom is -0.444 e. The molecule has 2 aromatic carbocycles. The van der Waals surface area contributed by atoms with Crippen LogP contribution in [0.15, 0.2) is 69.4 Å². The standard InChI is InChI=1S/C29H32N6O7S/c1-18(36)20-7-11-22(12-8-20)43(40,41)34-23-16-30-25-14-13-24(35(25)27(23)38)26(37)31-15-19-5-9-21(10-6-19)32-17-33-28(39)42-29(2,3)4/h5-12,16-17,24,34H,13-15H2,1-4H3,(H,31,37)(H,32,33,39)/t24-/m0/s1. The topological polar surface area (TPSA) is 178 Å². The number of sulfonamides is 1. The number of carbonyl (C=O) groups is 3. The van der Waals surface area contributed by atoms with Gasteiger partial charge in [0, 0.05) is 18.5 Å². The Bertz CT molecular complexity index is 1720. The van der Waals surface area contributed by atoms with Gasteiger partial charge >= 0.3 is 6.09 Å². The molecule has 0 unspecified atom stereocenters. The molecule has 0 saturated heterocycles. The Morgan fingerprint density at radius 3 is 2.40 bits per heavy atom. The number of nitrogens with zero attached hydrogens (tertiary/aromatic N) is 3. The van der Waals surface area contributed by atoms with Crippen molar-refractivity contribution in [3.63, 3.8) is 0 Å². The van der Waals surface area contributed by atoms with Crippen molar-refractivity contribution in [3.05, 3.63) is 82.0 Å².